The summed E-state index contributed by atoms with van der Waals surface area (Å²) in [4.78, 5) is 29.4. The molecule has 38 heavy (non-hydrogen) atoms. The van der Waals surface area contributed by atoms with Crippen molar-refractivity contribution in [3.63, 3.8) is 0 Å². The molecule has 5 rings (SSSR count). The third-order valence-corrected chi connectivity index (χ3v) is 6.11. The first-order valence-electron chi connectivity index (χ1n) is 11.3. The number of fused-ring (bicyclic) bond motifs is 2. The summed E-state index contributed by atoms with van der Waals surface area (Å²) in [5.41, 5.74) is 6.51. The maximum Gasteiger partial charge on any atom is 0.282 e. The lowest BCUT2D eigenvalue weighted by Gasteiger charge is -2.14. The summed E-state index contributed by atoms with van der Waals surface area (Å²) in [6, 6.07) is 17.7. The van der Waals surface area contributed by atoms with Crippen molar-refractivity contribution in [3.8, 4) is 28.8 Å². The van der Waals surface area contributed by atoms with E-state index in [1.807, 2.05) is 24.3 Å². The zero-order valence-corrected chi connectivity index (χ0v) is 21.9. The van der Waals surface area contributed by atoms with Crippen LogP contribution in [0.25, 0.3) is 33.5 Å². The Bertz CT molecular complexity index is 1750. The molecule has 0 bridgehead atoms. The normalized spacial score (nSPS) is 11.3. The van der Waals surface area contributed by atoms with Crippen molar-refractivity contribution in [2.24, 2.45) is 10.8 Å². The maximum atomic E-state index is 13.5. The minimum atomic E-state index is -0.645. The summed E-state index contributed by atoms with van der Waals surface area (Å²) in [6.07, 6.45) is 1.46. The van der Waals surface area contributed by atoms with E-state index in [0.29, 0.717) is 39.3 Å². The molecule has 0 aliphatic carbocycles. The first kappa shape index (κ1) is 25.0. The van der Waals surface area contributed by atoms with Gasteiger partial charge in [0.15, 0.2) is 23.9 Å². The largest absolute Gasteiger partial charge is 0.493 e. The molecule has 0 atom stereocenters. The number of benzene rings is 3. The van der Waals surface area contributed by atoms with E-state index in [1.54, 1.807) is 36.4 Å². The molecule has 0 saturated heterocycles. The van der Waals surface area contributed by atoms with Gasteiger partial charge in [-0.3, -0.25) is 9.59 Å². The van der Waals surface area contributed by atoms with Crippen molar-refractivity contribution in [2.45, 2.75) is 0 Å². The zero-order valence-electron chi connectivity index (χ0n) is 20.3. The van der Waals surface area contributed by atoms with Gasteiger partial charge in [-0.05, 0) is 48.5 Å². The Morgan fingerprint density at radius 1 is 1.11 bits per heavy atom. The lowest BCUT2D eigenvalue weighted by atomic mass is 10.2. The van der Waals surface area contributed by atoms with Crippen LogP contribution in [0.3, 0.4) is 0 Å². The molecule has 2 N–H and O–H groups in total. The van der Waals surface area contributed by atoms with Crippen LogP contribution >= 0.6 is 15.9 Å². The van der Waals surface area contributed by atoms with E-state index in [-0.39, 0.29) is 23.7 Å². The number of aromatic nitrogens is 2. The number of nitrogens with two attached hydrogens (primary N) is 1. The zero-order chi connectivity index (χ0) is 26.8. The molecular formula is C27H21BrN4O6. The molecule has 192 valence electrons. The fraction of sp³-hybridized carbons (Fsp3) is 0.111. The Morgan fingerprint density at radius 3 is 2.55 bits per heavy atom. The Morgan fingerprint density at radius 2 is 1.84 bits per heavy atom. The number of methoxy groups -OCH3 is 2. The van der Waals surface area contributed by atoms with E-state index >= 15 is 0 Å². The number of primary amides is 1. The van der Waals surface area contributed by atoms with Gasteiger partial charge in [-0.25, -0.2) is 4.98 Å². The number of amides is 1. The number of para-hydroxylation sites is 1. The third kappa shape index (κ3) is 4.83. The Kier molecular flexibility index (Phi) is 6.84. The fourth-order valence-corrected chi connectivity index (χ4v) is 4.28. The number of nitrogens with zero attached hydrogens (tertiary/aromatic N) is 3. The van der Waals surface area contributed by atoms with Crippen molar-refractivity contribution in [2.75, 3.05) is 20.8 Å². The second-order valence-corrected chi connectivity index (χ2v) is 9.03. The van der Waals surface area contributed by atoms with E-state index in [2.05, 4.69) is 26.0 Å². The summed E-state index contributed by atoms with van der Waals surface area (Å²) in [5.74, 6) is 0.761. The molecule has 0 aliphatic heterocycles. The molecule has 0 aliphatic rings. The molecule has 10 nitrogen and oxygen atoms in total. The third-order valence-electron chi connectivity index (χ3n) is 5.62. The summed E-state index contributed by atoms with van der Waals surface area (Å²) >= 11 is 3.46. The van der Waals surface area contributed by atoms with Gasteiger partial charge in [0.25, 0.3) is 11.5 Å². The van der Waals surface area contributed by atoms with Gasteiger partial charge < -0.3 is 24.4 Å². The number of rotatable bonds is 8. The van der Waals surface area contributed by atoms with Gasteiger partial charge in [-0.15, -0.1) is 0 Å². The predicted molar refractivity (Wildman–Crippen MR) is 146 cm³/mol. The molecule has 5 aromatic rings. The number of halogens is 1. The van der Waals surface area contributed by atoms with E-state index in [1.165, 1.54) is 25.1 Å². The molecule has 2 aromatic heterocycles. The molecule has 0 unspecified atom stereocenters. The van der Waals surface area contributed by atoms with Crippen molar-refractivity contribution in [3.05, 3.63) is 81.1 Å². The van der Waals surface area contributed by atoms with Gasteiger partial charge in [0.1, 0.15) is 5.58 Å². The maximum absolute atomic E-state index is 13.5. The van der Waals surface area contributed by atoms with Crippen LogP contribution < -0.4 is 25.5 Å². The number of ether oxygens (including phenoxy) is 3. The highest BCUT2D eigenvalue weighted by atomic mass is 79.9. The van der Waals surface area contributed by atoms with E-state index < -0.39 is 5.91 Å². The topological polar surface area (TPSA) is 131 Å². The Hall–Kier alpha value is -4.64. The molecule has 0 spiro atoms. The number of carbonyl (C=O) groups is 1. The number of hydrogen-bond acceptors (Lipinski definition) is 8. The van der Waals surface area contributed by atoms with Gasteiger partial charge >= 0.3 is 0 Å². The van der Waals surface area contributed by atoms with Crippen LogP contribution in [0.1, 0.15) is 5.56 Å². The molecule has 1 amide bonds. The van der Waals surface area contributed by atoms with Crippen LogP contribution in [0.4, 0.5) is 0 Å². The molecule has 0 fully saturated rings. The average Bonchev–Trinajstić information content (AvgIpc) is 3.34. The van der Waals surface area contributed by atoms with Crippen LogP contribution in [-0.4, -0.2) is 42.6 Å². The summed E-state index contributed by atoms with van der Waals surface area (Å²) < 4.78 is 24.4. The standard InChI is InChI=1S/C27H21BrN4O6/c1-35-21-9-15(10-22(36-2)25(21)37-14-24(29)33)13-30-32-26(31-19-6-4-3-5-18(19)27(32)34)23-12-16-11-17(28)7-8-20(16)38-23/h3-13H,14H2,1-2H3,(H2,29,33). The molecule has 11 heteroatoms. The summed E-state index contributed by atoms with van der Waals surface area (Å²) in [6.45, 7) is -0.351. The molecular weight excluding hydrogens is 556 g/mol. The van der Waals surface area contributed by atoms with Gasteiger partial charge in [-0.1, -0.05) is 28.1 Å². The molecule has 0 radical (unpaired) electrons. The van der Waals surface area contributed by atoms with Crippen LogP contribution in [0, 0.1) is 0 Å². The highest BCUT2D eigenvalue weighted by Gasteiger charge is 2.18. The number of furan rings is 1. The van der Waals surface area contributed by atoms with Gasteiger partial charge in [0.2, 0.25) is 11.6 Å². The van der Waals surface area contributed by atoms with Crippen LogP contribution in [-0.2, 0) is 4.79 Å². The lowest BCUT2D eigenvalue weighted by Crippen LogP contribution is -2.20. The molecule has 2 heterocycles. The highest BCUT2D eigenvalue weighted by molar-refractivity contribution is 9.10. The minimum Gasteiger partial charge on any atom is -0.493 e. The van der Waals surface area contributed by atoms with Crippen LogP contribution in [0.2, 0.25) is 0 Å². The monoisotopic (exact) mass is 576 g/mol. The first-order chi connectivity index (χ1) is 18.4. The van der Waals surface area contributed by atoms with Crippen molar-refractivity contribution in [1.29, 1.82) is 0 Å². The van der Waals surface area contributed by atoms with Crippen molar-refractivity contribution >= 4 is 49.9 Å². The van der Waals surface area contributed by atoms with E-state index in [9.17, 15) is 9.59 Å². The molecule has 3 aromatic carbocycles. The van der Waals surface area contributed by atoms with Crippen molar-refractivity contribution < 1.29 is 23.4 Å². The first-order valence-corrected chi connectivity index (χ1v) is 12.1. The van der Waals surface area contributed by atoms with Gasteiger partial charge in [0, 0.05) is 15.4 Å². The van der Waals surface area contributed by atoms with E-state index in [4.69, 9.17) is 24.4 Å². The SMILES string of the molecule is COc1cc(C=Nn2c(-c3cc4cc(Br)ccc4o3)nc3ccccc3c2=O)cc(OC)c1OCC(N)=O. The Labute approximate surface area is 224 Å². The average molecular weight is 577 g/mol. The lowest BCUT2D eigenvalue weighted by molar-refractivity contribution is -0.120. The van der Waals surface area contributed by atoms with Crippen LogP contribution in [0.5, 0.6) is 17.2 Å². The Balaban J connectivity index is 1.65. The highest BCUT2D eigenvalue weighted by Crippen LogP contribution is 2.38. The smallest absolute Gasteiger partial charge is 0.282 e. The number of hydrogen-bond donors (Lipinski definition) is 1. The molecule has 0 saturated carbocycles. The predicted octanol–water partition coefficient (Wildman–Crippen LogP) is 4.34. The van der Waals surface area contributed by atoms with Crippen LogP contribution in [0.15, 0.2) is 79.4 Å². The summed E-state index contributed by atoms with van der Waals surface area (Å²) in [7, 11) is 2.89. The second-order valence-electron chi connectivity index (χ2n) is 8.12. The van der Waals surface area contributed by atoms with E-state index in [0.717, 1.165) is 9.86 Å². The summed E-state index contributed by atoms with van der Waals surface area (Å²) in [5, 5.41) is 5.71. The van der Waals surface area contributed by atoms with Crippen molar-refractivity contribution in [1.82, 2.24) is 9.66 Å². The van der Waals surface area contributed by atoms with Gasteiger partial charge in [0.05, 0.1) is 31.3 Å². The van der Waals surface area contributed by atoms with Gasteiger partial charge in [-0.2, -0.15) is 9.78 Å². The number of carbonyl (C=O) groups excluding carboxylic acids is 1. The minimum absolute atomic E-state index is 0.213. The fourth-order valence-electron chi connectivity index (χ4n) is 3.90. The quantitative estimate of drug-likeness (QED) is 0.272. The second kappa shape index (κ2) is 10.4.